The number of aromatic nitrogens is 2. The van der Waals surface area contributed by atoms with Gasteiger partial charge in [0, 0.05) is 30.9 Å². The van der Waals surface area contributed by atoms with Crippen LogP contribution in [-0.2, 0) is 10.0 Å². The Morgan fingerprint density at radius 3 is 2.30 bits per heavy atom. The van der Waals surface area contributed by atoms with Crippen LogP contribution in [0.15, 0.2) is 29.2 Å². The molecule has 1 N–H and O–H groups in total. The maximum absolute atomic E-state index is 12.7. The lowest BCUT2D eigenvalue weighted by Crippen LogP contribution is -2.22. The third-order valence-electron chi connectivity index (χ3n) is 4.18. The van der Waals surface area contributed by atoms with E-state index < -0.39 is 10.0 Å². The highest BCUT2D eigenvalue weighted by atomic mass is 32.2. The molecule has 3 aromatic rings. The quantitative estimate of drug-likeness (QED) is 0.721. The number of thiophene rings is 1. The summed E-state index contributed by atoms with van der Waals surface area (Å²) in [6, 6.07) is 6.10. The second kappa shape index (κ2) is 6.99. The van der Waals surface area contributed by atoms with Crippen molar-refractivity contribution in [3.8, 4) is 0 Å². The number of benzene rings is 1. The number of aryl methyl sites for hydroxylation is 3. The summed E-state index contributed by atoms with van der Waals surface area (Å²) in [5.74, 6) is 0.418. The summed E-state index contributed by atoms with van der Waals surface area (Å²) < 4.78 is 25.4. The average molecular weight is 405 g/mol. The Hall–Kier alpha value is -2.36. The Labute approximate surface area is 162 Å². The number of carbonyl (C=O) groups is 1. The summed E-state index contributed by atoms with van der Waals surface area (Å²) in [4.78, 5) is 23.0. The molecule has 7 nitrogen and oxygen atoms in total. The van der Waals surface area contributed by atoms with Crippen molar-refractivity contribution < 1.29 is 13.2 Å². The summed E-state index contributed by atoms with van der Waals surface area (Å²) in [7, 11) is -0.552. The van der Waals surface area contributed by atoms with Crippen molar-refractivity contribution in [3.63, 3.8) is 0 Å². The molecule has 2 heterocycles. The van der Waals surface area contributed by atoms with Crippen LogP contribution in [0.1, 0.15) is 26.8 Å². The van der Waals surface area contributed by atoms with Gasteiger partial charge in [0.15, 0.2) is 0 Å². The minimum absolute atomic E-state index is 0.171. The maximum Gasteiger partial charge on any atom is 0.266 e. The summed E-state index contributed by atoms with van der Waals surface area (Å²) in [5.41, 5.74) is 2.22. The number of rotatable bonds is 4. The van der Waals surface area contributed by atoms with Gasteiger partial charge >= 0.3 is 0 Å². The van der Waals surface area contributed by atoms with Gasteiger partial charge in [0.25, 0.3) is 5.91 Å². The van der Waals surface area contributed by atoms with Gasteiger partial charge in [-0.05, 0) is 50.6 Å². The van der Waals surface area contributed by atoms with E-state index in [2.05, 4.69) is 15.3 Å². The van der Waals surface area contributed by atoms with Gasteiger partial charge in [-0.25, -0.2) is 22.7 Å². The number of anilines is 1. The number of amides is 1. The first-order valence-corrected chi connectivity index (χ1v) is 10.4. The predicted octanol–water partition coefficient (Wildman–Crippen LogP) is 3.12. The fourth-order valence-electron chi connectivity index (χ4n) is 2.80. The van der Waals surface area contributed by atoms with Crippen LogP contribution in [0.3, 0.4) is 0 Å². The molecule has 27 heavy (non-hydrogen) atoms. The van der Waals surface area contributed by atoms with E-state index in [1.807, 2.05) is 20.8 Å². The summed E-state index contributed by atoms with van der Waals surface area (Å²) in [6.45, 7) is 5.61. The van der Waals surface area contributed by atoms with Gasteiger partial charge in [-0.1, -0.05) is 0 Å². The molecule has 0 aliphatic carbocycles. The first kappa shape index (κ1) is 19.4. The molecule has 2 aromatic heterocycles. The Morgan fingerprint density at radius 2 is 1.70 bits per heavy atom. The molecule has 3 rings (SSSR count). The van der Waals surface area contributed by atoms with Crippen LogP contribution in [0, 0.1) is 20.8 Å². The smallest absolute Gasteiger partial charge is 0.266 e. The molecule has 0 fully saturated rings. The molecule has 0 aliphatic heterocycles. The van der Waals surface area contributed by atoms with Gasteiger partial charge in [-0.3, -0.25) is 4.79 Å². The van der Waals surface area contributed by atoms with Crippen molar-refractivity contribution in [2.45, 2.75) is 25.7 Å². The van der Waals surface area contributed by atoms with E-state index in [1.165, 1.54) is 37.6 Å². The molecule has 0 saturated heterocycles. The van der Waals surface area contributed by atoms with E-state index in [0.717, 1.165) is 25.8 Å². The van der Waals surface area contributed by atoms with Crippen molar-refractivity contribution in [1.82, 2.24) is 14.3 Å². The highest BCUT2D eigenvalue weighted by molar-refractivity contribution is 7.89. The van der Waals surface area contributed by atoms with Crippen LogP contribution in [0.4, 0.5) is 5.69 Å². The van der Waals surface area contributed by atoms with Crippen LogP contribution in [-0.4, -0.2) is 42.7 Å². The average Bonchev–Trinajstić information content (AvgIpc) is 2.92. The second-order valence-electron chi connectivity index (χ2n) is 6.36. The molecule has 0 spiro atoms. The van der Waals surface area contributed by atoms with E-state index in [4.69, 9.17) is 0 Å². The zero-order valence-electron chi connectivity index (χ0n) is 15.7. The van der Waals surface area contributed by atoms with E-state index in [-0.39, 0.29) is 10.8 Å². The molecule has 0 aliphatic rings. The van der Waals surface area contributed by atoms with E-state index in [0.29, 0.717) is 16.4 Å². The van der Waals surface area contributed by atoms with Gasteiger partial charge in [0.2, 0.25) is 10.0 Å². The van der Waals surface area contributed by atoms with Gasteiger partial charge < -0.3 is 5.32 Å². The minimum atomic E-state index is -3.50. The van der Waals surface area contributed by atoms with Crippen molar-refractivity contribution in [2.24, 2.45) is 0 Å². The molecule has 142 valence electrons. The summed E-state index contributed by atoms with van der Waals surface area (Å²) in [5, 5.41) is 3.72. The van der Waals surface area contributed by atoms with E-state index in [9.17, 15) is 13.2 Å². The molecule has 1 amide bonds. The van der Waals surface area contributed by atoms with Gasteiger partial charge in [0.05, 0.1) is 9.77 Å². The molecule has 0 unspecified atom stereocenters. The lowest BCUT2D eigenvalue weighted by atomic mass is 10.1. The first-order chi connectivity index (χ1) is 12.6. The van der Waals surface area contributed by atoms with Gasteiger partial charge in [-0.15, -0.1) is 11.3 Å². The predicted molar refractivity (Wildman–Crippen MR) is 107 cm³/mol. The van der Waals surface area contributed by atoms with Gasteiger partial charge in [-0.2, -0.15) is 0 Å². The van der Waals surface area contributed by atoms with Crippen LogP contribution >= 0.6 is 11.3 Å². The van der Waals surface area contributed by atoms with Crippen molar-refractivity contribution in [2.75, 3.05) is 19.4 Å². The van der Waals surface area contributed by atoms with Crippen LogP contribution in [0.5, 0.6) is 0 Å². The Morgan fingerprint density at radius 1 is 1.07 bits per heavy atom. The first-order valence-electron chi connectivity index (χ1n) is 8.19. The van der Waals surface area contributed by atoms with Crippen molar-refractivity contribution >= 4 is 43.2 Å². The molecule has 0 radical (unpaired) electrons. The van der Waals surface area contributed by atoms with Gasteiger partial charge in [0.1, 0.15) is 10.7 Å². The van der Waals surface area contributed by atoms with Crippen LogP contribution in [0.2, 0.25) is 0 Å². The fourth-order valence-corrected chi connectivity index (χ4v) is 4.87. The number of sulfonamides is 1. The third kappa shape index (κ3) is 3.58. The lowest BCUT2D eigenvalue weighted by molar-refractivity contribution is 0.103. The highest BCUT2D eigenvalue weighted by Crippen LogP contribution is 2.31. The van der Waals surface area contributed by atoms with E-state index in [1.54, 1.807) is 12.1 Å². The molecule has 9 heteroatoms. The Balaban J connectivity index is 1.89. The third-order valence-corrected chi connectivity index (χ3v) is 7.19. The van der Waals surface area contributed by atoms with Crippen molar-refractivity contribution in [1.29, 1.82) is 0 Å². The zero-order chi connectivity index (χ0) is 19.9. The SMILES string of the molecule is Cc1nc(C)c2c(C)c(C(=O)Nc3ccc(S(=O)(=O)N(C)C)cc3)sc2n1. The Bertz CT molecular complexity index is 1130. The van der Waals surface area contributed by atoms with Crippen LogP contribution in [0.25, 0.3) is 10.2 Å². The molecular formula is C18H20N4O3S2. The molecule has 1 aromatic carbocycles. The maximum atomic E-state index is 12.7. The molecule has 0 bridgehead atoms. The summed E-state index contributed by atoms with van der Waals surface area (Å²) >= 11 is 1.33. The second-order valence-corrected chi connectivity index (χ2v) is 9.51. The molecule has 0 saturated carbocycles. The zero-order valence-corrected chi connectivity index (χ0v) is 17.3. The Kier molecular flexibility index (Phi) is 5.02. The normalized spacial score (nSPS) is 11.9. The van der Waals surface area contributed by atoms with Crippen molar-refractivity contribution in [3.05, 3.63) is 46.2 Å². The monoisotopic (exact) mass is 404 g/mol. The minimum Gasteiger partial charge on any atom is -0.321 e. The number of hydrogen-bond acceptors (Lipinski definition) is 6. The number of fused-ring (bicyclic) bond motifs is 1. The number of carbonyl (C=O) groups excluding carboxylic acids is 1. The topological polar surface area (TPSA) is 92.3 Å². The van der Waals surface area contributed by atoms with Crippen LogP contribution < -0.4 is 5.32 Å². The largest absolute Gasteiger partial charge is 0.321 e. The number of hydrogen-bond donors (Lipinski definition) is 1. The number of nitrogens with zero attached hydrogens (tertiary/aromatic N) is 3. The fraction of sp³-hybridized carbons (Fsp3) is 0.278. The molecular weight excluding hydrogens is 384 g/mol. The summed E-state index contributed by atoms with van der Waals surface area (Å²) in [6.07, 6.45) is 0. The highest BCUT2D eigenvalue weighted by Gasteiger charge is 2.20. The lowest BCUT2D eigenvalue weighted by Gasteiger charge is -2.12. The standard InChI is InChI=1S/C18H20N4O3S2/c1-10-15-11(2)19-12(3)20-18(15)26-16(10)17(23)21-13-6-8-14(9-7-13)27(24,25)22(4)5/h6-9H,1-5H3,(H,21,23). The number of nitrogens with one attached hydrogen (secondary N) is 1. The molecule has 0 atom stereocenters. The van der Waals surface area contributed by atoms with E-state index >= 15 is 0 Å².